The topological polar surface area (TPSA) is 63.2 Å². The third-order valence-electron chi connectivity index (χ3n) is 3.77. The summed E-state index contributed by atoms with van der Waals surface area (Å²) < 4.78 is 26.9. The van der Waals surface area contributed by atoms with Gasteiger partial charge < -0.3 is 0 Å². The van der Waals surface area contributed by atoms with Gasteiger partial charge in [-0.25, -0.2) is 8.42 Å². The first-order chi connectivity index (χ1) is 10.2. The summed E-state index contributed by atoms with van der Waals surface area (Å²) >= 11 is 0. The molecule has 6 heteroatoms. The fourth-order valence-corrected chi connectivity index (χ4v) is 4.21. The van der Waals surface area contributed by atoms with Crippen LogP contribution < -0.4 is 0 Å². The van der Waals surface area contributed by atoms with Crippen molar-refractivity contribution in [1.82, 2.24) is 14.3 Å². The van der Waals surface area contributed by atoms with E-state index in [2.05, 4.69) is 9.97 Å². The van der Waals surface area contributed by atoms with Gasteiger partial charge in [0.15, 0.2) is 0 Å². The Kier molecular flexibility index (Phi) is 3.98. The van der Waals surface area contributed by atoms with E-state index >= 15 is 0 Å². The molecule has 3 rings (SSSR count). The molecule has 1 saturated heterocycles. The van der Waals surface area contributed by atoms with Crippen LogP contribution >= 0.6 is 0 Å². The third-order valence-corrected chi connectivity index (χ3v) is 5.65. The van der Waals surface area contributed by atoms with E-state index in [0.717, 1.165) is 18.5 Å². The van der Waals surface area contributed by atoms with Crippen molar-refractivity contribution in [1.29, 1.82) is 0 Å². The highest BCUT2D eigenvalue weighted by atomic mass is 32.2. The Morgan fingerprint density at radius 1 is 1.14 bits per heavy atom. The van der Waals surface area contributed by atoms with Gasteiger partial charge in [-0.15, -0.1) is 0 Å². The minimum absolute atomic E-state index is 0.117. The van der Waals surface area contributed by atoms with Gasteiger partial charge in [0, 0.05) is 37.6 Å². The fourth-order valence-electron chi connectivity index (χ4n) is 2.67. The average Bonchev–Trinajstić information content (AvgIpc) is 2.57. The molecule has 1 aromatic heterocycles. The summed E-state index contributed by atoms with van der Waals surface area (Å²) in [4.78, 5) is 8.73. The van der Waals surface area contributed by atoms with E-state index in [1.165, 1.54) is 0 Å². The van der Waals surface area contributed by atoms with E-state index in [0.29, 0.717) is 18.0 Å². The van der Waals surface area contributed by atoms with Crippen LogP contribution in [0, 0.1) is 0 Å². The molecule has 0 N–H and O–H groups in total. The predicted octanol–water partition coefficient (Wildman–Crippen LogP) is 2.04. The zero-order valence-electron chi connectivity index (χ0n) is 11.6. The number of aromatic nitrogens is 2. The average molecular weight is 303 g/mol. The number of nitrogens with zero attached hydrogens (tertiary/aromatic N) is 3. The number of piperidine rings is 1. The molecule has 1 fully saturated rings. The van der Waals surface area contributed by atoms with Gasteiger partial charge in [0.25, 0.3) is 0 Å². The lowest BCUT2D eigenvalue weighted by Crippen LogP contribution is -2.39. The predicted molar refractivity (Wildman–Crippen MR) is 79.2 cm³/mol. The van der Waals surface area contributed by atoms with Crippen molar-refractivity contribution in [3.63, 3.8) is 0 Å². The Labute approximate surface area is 124 Å². The monoisotopic (exact) mass is 303 g/mol. The number of rotatable bonds is 3. The Bertz CT molecular complexity index is 689. The van der Waals surface area contributed by atoms with Gasteiger partial charge in [-0.2, -0.15) is 4.31 Å². The highest BCUT2D eigenvalue weighted by Crippen LogP contribution is 2.28. The SMILES string of the molecule is O=S(=O)(c1ccccc1)N1CCC[C@@H](c2cnccn2)C1. The second-order valence-electron chi connectivity index (χ2n) is 5.15. The fraction of sp³-hybridized carbons (Fsp3) is 0.333. The van der Waals surface area contributed by atoms with Gasteiger partial charge in [0.05, 0.1) is 10.6 Å². The molecule has 0 aliphatic carbocycles. The van der Waals surface area contributed by atoms with Crippen LogP contribution in [0.4, 0.5) is 0 Å². The molecule has 0 unspecified atom stereocenters. The molecule has 5 nitrogen and oxygen atoms in total. The van der Waals surface area contributed by atoms with Crippen LogP contribution in [0.3, 0.4) is 0 Å². The van der Waals surface area contributed by atoms with Gasteiger partial charge in [0.1, 0.15) is 0 Å². The smallest absolute Gasteiger partial charge is 0.243 e. The van der Waals surface area contributed by atoms with Crippen LogP contribution in [0.15, 0.2) is 53.8 Å². The Balaban J connectivity index is 1.84. The summed E-state index contributed by atoms with van der Waals surface area (Å²) in [6, 6.07) is 8.59. The molecule has 0 amide bonds. The molecule has 0 spiro atoms. The molecule has 1 aliphatic heterocycles. The van der Waals surface area contributed by atoms with Crippen molar-refractivity contribution >= 4 is 10.0 Å². The van der Waals surface area contributed by atoms with Gasteiger partial charge in [-0.3, -0.25) is 9.97 Å². The maximum absolute atomic E-state index is 12.7. The van der Waals surface area contributed by atoms with Crippen LogP contribution in [0.25, 0.3) is 0 Å². The molecule has 0 saturated carbocycles. The molecule has 1 aliphatic rings. The Morgan fingerprint density at radius 2 is 1.95 bits per heavy atom. The largest absolute Gasteiger partial charge is 0.261 e. The van der Waals surface area contributed by atoms with Gasteiger partial charge >= 0.3 is 0 Å². The Morgan fingerprint density at radius 3 is 2.67 bits per heavy atom. The second-order valence-corrected chi connectivity index (χ2v) is 7.08. The lowest BCUT2D eigenvalue weighted by Gasteiger charge is -2.31. The summed E-state index contributed by atoms with van der Waals surface area (Å²) in [6.07, 6.45) is 6.79. The number of hydrogen-bond acceptors (Lipinski definition) is 4. The standard InChI is InChI=1S/C15H17N3O2S/c19-21(20,14-6-2-1-3-7-14)18-10-4-5-13(12-18)15-11-16-8-9-17-15/h1-3,6-9,11,13H,4-5,10,12H2/t13-/m1/s1. The summed E-state index contributed by atoms with van der Waals surface area (Å²) in [5, 5.41) is 0. The lowest BCUT2D eigenvalue weighted by atomic mass is 9.96. The van der Waals surface area contributed by atoms with Gasteiger partial charge in [-0.05, 0) is 25.0 Å². The molecular weight excluding hydrogens is 286 g/mol. The van der Waals surface area contributed by atoms with Crippen molar-refractivity contribution < 1.29 is 8.42 Å². The lowest BCUT2D eigenvalue weighted by molar-refractivity contribution is 0.312. The molecule has 2 aromatic rings. The molecule has 110 valence electrons. The second kappa shape index (κ2) is 5.91. The third kappa shape index (κ3) is 2.96. The van der Waals surface area contributed by atoms with Crippen molar-refractivity contribution in [2.24, 2.45) is 0 Å². The highest BCUT2D eigenvalue weighted by molar-refractivity contribution is 7.89. The summed E-state index contributed by atoms with van der Waals surface area (Å²) in [7, 11) is -3.42. The van der Waals surface area contributed by atoms with E-state index in [1.54, 1.807) is 47.2 Å². The summed E-state index contributed by atoms with van der Waals surface area (Å²) in [6.45, 7) is 1.03. The quantitative estimate of drug-likeness (QED) is 0.870. The molecule has 1 aromatic carbocycles. The van der Waals surface area contributed by atoms with Crippen LogP contribution in [0.1, 0.15) is 24.5 Å². The zero-order chi connectivity index (χ0) is 14.7. The van der Waals surface area contributed by atoms with Crippen molar-refractivity contribution in [3.05, 3.63) is 54.6 Å². The first-order valence-electron chi connectivity index (χ1n) is 6.99. The number of hydrogen-bond donors (Lipinski definition) is 0. The molecule has 0 bridgehead atoms. The Hall–Kier alpha value is -1.79. The van der Waals surface area contributed by atoms with Crippen molar-refractivity contribution in [2.75, 3.05) is 13.1 Å². The molecule has 1 atom stereocenters. The first kappa shape index (κ1) is 14.2. The maximum Gasteiger partial charge on any atom is 0.243 e. The summed E-state index contributed by atoms with van der Waals surface area (Å²) in [5.74, 6) is 0.117. The van der Waals surface area contributed by atoms with E-state index in [1.807, 2.05) is 6.07 Å². The van der Waals surface area contributed by atoms with E-state index < -0.39 is 10.0 Å². The van der Waals surface area contributed by atoms with Gasteiger partial charge in [-0.1, -0.05) is 18.2 Å². The molecular formula is C15H17N3O2S. The molecule has 0 radical (unpaired) electrons. The molecule has 2 heterocycles. The van der Waals surface area contributed by atoms with E-state index in [-0.39, 0.29) is 5.92 Å². The number of sulfonamides is 1. The van der Waals surface area contributed by atoms with Crippen molar-refractivity contribution in [3.8, 4) is 0 Å². The van der Waals surface area contributed by atoms with Crippen LogP contribution in [0.5, 0.6) is 0 Å². The first-order valence-corrected chi connectivity index (χ1v) is 8.43. The minimum atomic E-state index is -3.42. The zero-order valence-corrected chi connectivity index (χ0v) is 12.4. The van der Waals surface area contributed by atoms with Crippen LogP contribution in [0.2, 0.25) is 0 Å². The van der Waals surface area contributed by atoms with Gasteiger partial charge in [0.2, 0.25) is 10.0 Å². The number of benzene rings is 1. The molecule has 21 heavy (non-hydrogen) atoms. The van der Waals surface area contributed by atoms with E-state index in [4.69, 9.17) is 0 Å². The highest BCUT2D eigenvalue weighted by Gasteiger charge is 2.31. The summed E-state index contributed by atoms with van der Waals surface area (Å²) in [5.41, 5.74) is 0.866. The maximum atomic E-state index is 12.7. The van der Waals surface area contributed by atoms with Crippen molar-refractivity contribution in [2.45, 2.75) is 23.7 Å². The van der Waals surface area contributed by atoms with Crippen LogP contribution in [-0.4, -0.2) is 35.8 Å². The van der Waals surface area contributed by atoms with E-state index in [9.17, 15) is 8.42 Å². The minimum Gasteiger partial charge on any atom is -0.261 e. The normalized spacial score (nSPS) is 20.3. The van der Waals surface area contributed by atoms with Crippen LogP contribution in [-0.2, 0) is 10.0 Å².